The normalized spacial score (nSPS) is 5.41. The van der Waals surface area contributed by atoms with E-state index in [0.717, 1.165) is 11.5 Å². The molecule has 0 saturated carbocycles. The number of thioether (sulfide) groups is 2. The zero-order valence-corrected chi connectivity index (χ0v) is 14.5. The monoisotopic (exact) mass is 343 g/mol. The summed E-state index contributed by atoms with van der Waals surface area (Å²) in [6.07, 6.45) is 0. The van der Waals surface area contributed by atoms with Gasteiger partial charge in [0, 0.05) is 41.1 Å². The SMILES string of the molecule is NC(=S)SCCSC(N)=S.O.O.O.O.O.O.[Na]. The van der Waals surface area contributed by atoms with Crippen molar-refractivity contribution in [2.24, 2.45) is 11.5 Å². The van der Waals surface area contributed by atoms with Gasteiger partial charge in [0.05, 0.1) is 0 Å². The zero-order valence-electron chi connectivity index (χ0n) is 9.20. The van der Waals surface area contributed by atoms with E-state index in [0.29, 0.717) is 8.64 Å². The average molecular weight is 343 g/mol. The third-order valence-corrected chi connectivity index (χ3v) is 2.92. The van der Waals surface area contributed by atoms with E-state index >= 15 is 0 Å². The molecule has 0 rings (SSSR count). The zero-order chi connectivity index (χ0) is 7.98. The fourth-order valence-electron chi connectivity index (χ4n) is 0.285. The van der Waals surface area contributed by atoms with Crippen LogP contribution in [0.1, 0.15) is 0 Å². The molecule has 0 atom stereocenters. The third-order valence-electron chi connectivity index (χ3n) is 0.572. The molecule has 0 amide bonds. The summed E-state index contributed by atoms with van der Waals surface area (Å²) in [5, 5.41) is 0. The van der Waals surface area contributed by atoms with Crippen LogP contribution >= 0.6 is 48.0 Å². The van der Waals surface area contributed by atoms with Crippen molar-refractivity contribution in [2.45, 2.75) is 0 Å². The standard InChI is InChI=1S/C4H8N2S4.Na.6H2O/c5-3(7)9-1-2-10-4(6)8;;;;;;;/h1-2H2,(H2,5,7)(H2,6,8);;6*1H2. The molecule has 0 aliphatic heterocycles. The summed E-state index contributed by atoms with van der Waals surface area (Å²) in [7, 11) is 0. The van der Waals surface area contributed by atoms with E-state index in [1.165, 1.54) is 23.5 Å². The van der Waals surface area contributed by atoms with Crippen LogP contribution < -0.4 is 11.5 Å². The minimum atomic E-state index is 0. The molecule has 0 unspecified atom stereocenters. The Morgan fingerprint density at radius 1 is 0.706 bits per heavy atom. The summed E-state index contributed by atoms with van der Waals surface area (Å²) in [4.78, 5) is 0. The summed E-state index contributed by atoms with van der Waals surface area (Å²) in [6.45, 7) is 0. The third kappa shape index (κ3) is 59.0. The summed E-state index contributed by atoms with van der Waals surface area (Å²) in [5.41, 5.74) is 10.5. The molecule has 17 heavy (non-hydrogen) atoms. The van der Waals surface area contributed by atoms with Crippen molar-refractivity contribution in [2.75, 3.05) is 11.5 Å². The molecule has 1 radical (unpaired) electrons. The van der Waals surface area contributed by atoms with Gasteiger partial charge < -0.3 is 44.3 Å². The maximum atomic E-state index is 5.23. The minimum Gasteiger partial charge on any atom is -0.412 e. The number of hydrogen-bond acceptors (Lipinski definition) is 4. The van der Waals surface area contributed by atoms with Crippen LogP contribution in [0, 0.1) is 0 Å². The Morgan fingerprint density at radius 2 is 0.882 bits per heavy atom. The Hall–Kier alpha value is 1.24. The molecule has 13 heteroatoms. The van der Waals surface area contributed by atoms with Crippen molar-refractivity contribution in [3.8, 4) is 0 Å². The molecule has 8 nitrogen and oxygen atoms in total. The van der Waals surface area contributed by atoms with Crippen LogP contribution in [0.15, 0.2) is 0 Å². The first kappa shape index (κ1) is 51.7. The number of nitrogens with two attached hydrogens (primary N) is 2. The Balaban J connectivity index is -0.0000000193. The summed E-state index contributed by atoms with van der Waals surface area (Å²) in [6, 6.07) is 0. The molecule has 16 N–H and O–H groups in total. The van der Waals surface area contributed by atoms with E-state index in [2.05, 4.69) is 24.4 Å². The van der Waals surface area contributed by atoms with Crippen LogP contribution in [-0.4, -0.2) is 82.6 Å². The Labute approximate surface area is 141 Å². The van der Waals surface area contributed by atoms with E-state index in [9.17, 15) is 0 Å². The van der Waals surface area contributed by atoms with Gasteiger partial charge >= 0.3 is 0 Å². The van der Waals surface area contributed by atoms with Crippen LogP contribution in [0.4, 0.5) is 0 Å². The summed E-state index contributed by atoms with van der Waals surface area (Å²) >= 11 is 12.2. The van der Waals surface area contributed by atoms with Gasteiger partial charge in [-0.05, 0) is 0 Å². The summed E-state index contributed by atoms with van der Waals surface area (Å²) in [5.74, 6) is 1.74. The topological polar surface area (TPSA) is 241 Å². The van der Waals surface area contributed by atoms with Gasteiger partial charge in [-0.3, -0.25) is 0 Å². The van der Waals surface area contributed by atoms with Crippen molar-refractivity contribution in [3.05, 3.63) is 0 Å². The van der Waals surface area contributed by atoms with Gasteiger partial charge in [-0.25, -0.2) is 0 Å². The first-order valence-electron chi connectivity index (χ1n) is 2.47. The molecule has 0 aromatic carbocycles. The van der Waals surface area contributed by atoms with E-state index in [1.54, 1.807) is 0 Å². The second-order valence-corrected chi connectivity index (χ2v) is 5.00. The van der Waals surface area contributed by atoms with E-state index in [4.69, 9.17) is 11.5 Å². The number of thiocarbonyl (C=S) groups is 2. The van der Waals surface area contributed by atoms with Gasteiger partial charge in [-0.15, -0.1) is 0 Å². The van der Waals surface area contributed by atoms with Gasteiger partial charge in [0.15, 0.2) is 0 Å². The van der Waals surface area contributed by atoms with E-state index in [1.807, 2.05) is 0 Å². The Morgan fingerprint density at radius 3 is 1.00 bits per heavy atom. The van der Waals surface area contributed by atoms with E-state index in [-0.39, 0.29) is 62.4 Å². The van der Waals surface area contributed by atoms with Crippen LogP contribution in [0.5, 0.6) is 0 Å². The van der Waals surface area contributed by atoms with Gasteiger partial charge in [-0.2, -0.15) is 0 Å². The molecule has 0 aromatic rings. The maximum Gasteiger partial charge on any atom is 0.131 e. The maximum absolute atomic E-state index is 5.23. The predicted octanol–water partition coefficient (Wildman–Crippen LogP) is -4.39. The molecule has 0 aliphatic carbocycles. The van der Waals surface area contributed by atoms with E-state index < -0.39 is 0 Å². The summed E-state index contributed by atoms with van der Waals surface area (Å²) < 4.78 is 0.951. The quantitative estimate of drug-likeness (QED) is 0.291. The molecule has 0 aromatic heterocycles. The van der Waals surface area contributed by atoms with Crippen molar-refractivity contribution >= 4 is 86.2 Å². The molecule has 0 aliphatic rings. The molecule has 107 valence electrons. The van der Waals surface area contributed by atoms with Crippen LogP contribution in [0.2, 0.25) is 0 Å². The van der Waals surface area contributed by atoms with Crippen molar-refractivity contribution < 1.29 is 32.9 Å². The molecule has 0 saturated heterocycles. The van der Waals surface area contributed by atoms with Gasteiger partial charge in [0.1, 0.15) is 8.64 Å². The molecule has 0 spiro atoms. The first-order valence-corrected chi connectivity index (χ1v) is 5.26. The second-order valence-electron chi connectivity index (χ2n) is 1.33. The van der Waals surface area contributed by atoms with Gasteiger partial charge in [0.25, 0.3) is 0 Å². The molecular formula is C4H20N2NaO6S4. The van der Waals surface area contributed by atoms with Gasteiger partial charge in [-0.1, -0.05) is 48.0 Å². The fraction of sp³-hybridized carbons (Fsp3) is 0.500. The second kappa shape index (κ2) is 36.0. The molecular weight excluding hydrogens is 323 g/mol. The Kier molecular flexibility index (Phi) is 109. The minimum absolute atomic E-state index is 0. The Bertz CT molecular complexity index is 140. The number of hydrogen-bond donors (Lipinski definition) is 2. The van der Waals surface area contributed by atoms with Crippen molar-refractivity contribution in [3.63, 3.8) is 0 Å². The fourth-order valence-corrected chi connectivity index (χ4v) is 1.85. The molecule has 0 fully saturated rings. The van der Waals surface area contributed by atoms with Crippen LogP contribution in [0.25, 0.3) is 0 Å². The van der Waals surface area contributed by atoms with Crippen LogP contribution in [0.3, 0.4) is 0 Å². The average Bonchev–Trinajstić information content (AvgIpc) is 1.79. The van der Waals surface area contributed by atoms with Crippen molar-refractivity contribution in [1.82, 2.24) is 0 Å². The largest absolute Gasteiger partial charge is 0.412 e. The predicted molar refractivity (Wildman–Crippen MR) is 85.9 cm³/mol. The van der Waals surface area contributed by atoms with Crippen LogP contribution in [-0.2, 0) is 0 Å². The van der Waals surface area contributed by atoms with Gasteiger partial charge in [0.2, 0.25) is 0 Å². The molecule has 0 heterocycles. The number of rotatable bonds is 3. The smallest absolute Gasteiger partial charge is 0.131 e. The van der Waals surface area contributed by atoms with Crippen molar-refractivity contribution in [1.29, 1.82) is 0 Å². The molecule has 0 bridgehead atoms. The first-order chi connectivity index (χ1) is 4.63.